The Balaban J connectivity index is 2.32. The van der Waals surface area contributed by atoms with E-state index in [4.69, 9.17) is 9.47 Å². The van der Waals surface area contributed by atoms with Gasteiger partial charge in [0.25, 0.3) is 0 Å². The van der Waals surface area contributed by atoms with Crippen LogP contribution in [0.4, 0.5) is 14.5 Å². The quantitative estimate of drug-likeness (QED) is 0.512. The third-order valence-electron chi connectivity index (χ3n) is 3.67. The monoisotopic (exact) mass is 364 g/mol. The normalized spacial score (nSPS) is 11.0. The fraction of sp³-hybridized carbons (Fsp3) is 0.316. The van der Waals surface area contributed by atoms with E-state index in [0.717, 1.165) is 11.3 Å². The third kappa shape index (κ3) is 4.84. The number of aryl methyl sites for hydroxylation is 1. The molecule has 0 radical (unpaired) electrons. The van der Waals surface area contributed by atoms with Crippen LogP contribution in [0.2, 0.25) is 0 Å². The molecule has 0 atom stereocenters. The molecule has 0 saturated heterocycles. The minimum Gasteiger partial charge on any atom is -0.493 e. The van der Waals surface area contributed by atoms with Gasteiger partial charge in [0.15, 0.2) is 11.5 Å². The minimum absolute atomic E-state index is 0.143. The Morgan fingerprint density at radius 3 is 2.12 bits per heavy atom. The van der Waals surface area contributed by atoms with Gasteiger partial charge in [0, 0.05) is 12.1 Å². The lowest BCUT2D eigenvalue weighted by atomic mass is 10.2. The summed E-state index contributed by atoms with van der Waals surface area (Å²) in [6.07, 6.45) is 1.61. The smallest absolute Gasteiger partial charge is 0.387 e. The molecule has 26 heavy (non-hydrogen) atoms. The molecule has 0 fully saturated rings. The average molecular weight is 364 g/mol. The van der Waals surface area contributed by atoms with E-state index in [1.165, 1.54) is 14.2 Å². The molecule has 0 aliphatic carbocycles. The molecule has 0 aliphatic rings. The van der Waals surface area contributed by atoms with Crippen molar-refractivity contribution in [2.75, 3.05) is 25.8 Å². The highest BCUT2D eigenvalue weighted by Gasteiger charge is 2.17. The minimum atomic E-state index is -2.98. The third-order valence-corrected chi connectivity index (χ3v) is 3.67. The van der Waals surface area contributed by atoms with E-state index in [1.54, 1.807) is 18.3 Å². The van der Waals surface area contributed by atoms with E-state index in [-0.39, 0.29) is 17.2 Å². The van der Waals surface area contributed by atoms with Gasteiger partial charge in [-0.2, -0.15) is 13.9 Å². The fourth-order valence-corrected chi connectivity index (χ4v) is 2.36. The first-order valence-electron chi connectivity index (χ1n) is 8.07. The van der Waals surface area contributed by atoms with Gasteiger partial charge < -0.3 is 14.2 Å². The maximum atomic E-state index is 12.6. The van der Waals surface area contributed by atoms with Crippen LogP contribution >= 0.6 is 0 Å². The van der Waals surface area contributed by atoms with Crippen LogP contribution in [-0.4, -0.2) is 33.6 Å². The molecular formula is C19H22F2N2O3. The number of alkyl halides is 2. The van der Waals surface area contributed by atoms with Crippen LogP contribution in [0.25, 0.3) is 0 Å². The molecule has 5 nitrogen and oxygen atoms in total. The lowest BCUT2D eigenvalue weighted by Crippen LogP contribution is -2.15. The lowest BCUT2D eigenvalue weighted by Gasteiger charge is -2.17. The van der Waals surface area contributed by atoms with Crippen LogP contribution in [-0.2, 0) is 0 Å². The maximum absolute atomic E-state index is 12.6. The van der Waals surface area contributed by atoms with Crippen LogP contribution in [0.5, 0.6) is 17.2 Å². The van der Waals surface area contributed by atoms with Crippen LogP contribution in [0, 0.1) is 6.92 Å². The van der Waals surface area contributed by atoms with Gasteiger partial charge in [-0.3, -0.25) is 5.01 Å². The van der Waals surface area contributed by atoms with Gasteiger partial charge in [-0.15, -0.1) is 0 Å². The SMILES string of the molecule is CCN(/N=C\c1cc(OC)c(OC(F)F)c(OC)c1)c1ccc(C)cc1. The molecule has 0 heterocycles. The molecule has 7 heteroatoms. The molecule has 0 unspecified atom stereocenters. The summed E-state index contributed by atoms with van der Waals surface area (Å²) in [6, 6.07) is 11.1. The van der Waals surface area contributed by atoms with Gasteiger partial charge in [-0.25, -0.2) is 0 Å². The number of hydrazone groups is 1. The van der Waals surface area contributed by atoms with Crippen LogP contribution in [0.1, 0.15) is 18.1 Å². The number of benzene rings is 2. The van der Waals surface area contributed by atoms with Crippen LogP contribution in [0.15, 0.2) is 41.5 Å². The largest absolute Gasteiger partial charge is 0.493 e. The first-order chi connectivity index (χ1) is 12.5. The first kappa shape index (κ1) is 19.5. The summed E-state index contributed by atoms with van der Waals surface area (Å²) in [4.78, 5) is 0. The molecule has 0 aliphatic heterocycles. The topological polar surface area (TPSA) is 43.3 Å². The second kappa shape index (κ2) is 9.03. The van der Waals surface area contributed by atoms with Gasteiger partial charge in [0.2, 0.25) is 5.75 Å². The highest BCUT2D eigenvalue weighted by molar-refractivity contribution is 5.83. The zero-order chi connectivity index (χ0) is 19.1. The Morgan fingerprint density at radius 1 is 1.08 bits per heavy atom. The Bertz CT molecular complexity index is 724. The molecule has 0 amide bonds. The molecule has 0 N–H and O–H groups in total. The second-order valence-electron chi connectivity index (χ2n) is 5.43. The van der Waals surface area contributed by atoms with E-state index < -0.39 is 6.61 Å². The maximum Gasteiger partial charge on any atom is 0.387 e. The molecule has 2 aromatic rings. The molecule has 2 rings (SSSR count). The number of anilines is 1. The number of ether oxygens (including phenoxy) is 3. The van der Waals surface area contributed by atoms with Crippen molar-refractivity contribution in [1.29, 1.82) is 0 Å². The number of hydrogen-bond acceptors (Lipinski definition) is 5. The van der Waals surface area contributed by atoms with Crippen LogP contribution < -0.4 is 19.2 Å². The number of halogens is 2. The lowest BCUT2D eigenvalue weighted by molar-refractivity contribution is -0.0526. The van der Waals surface area contributed by atoms with Crippen molar-refractivity contribution in [2.45, 2.75) is 20.5 Å². The van der Waals surface area contributed by atoms with E-state index in [0.29, 0.717) is 12.1 Å². The molecule has 0 bridgehead atoms. The van der Waals surface area contributed by atoms with Gasteiger partial charge in [-0.05, 0) is 38.1 Å². The number of nitrogens with zero attached hydrogens (tertiary/aromatic N) is 2. The summed E-state index contributed by atoms with van der Waals surface area (Å²) in [7, 11) is 2.75. The Morgan fingerprint density at radius 2 is 1.65 bits per heavy atom. The molecule has 0 aromatic heterocycles. The zero-order valence-electron chi connectivity index (χ0n) is 15.2. The van der Waals surface area contributed by atoms with Crippen LogP contribution in [0.3, 0.4) is 0 Å². The predicted octanol–water partition coefficient (Wildman–Crippen LogP) is 4.47. The highest BCUT2D eigenvalue weighted by atomic mass is 19.3. The van der Waals surface area contributed by atoms with E-state index in [2.05, 4.69) is 9.84 Å². The second-order valence-corrected chi connectivity index (χ2v) is 5.43. The van der Waals surface area contributed by atoms with Crippen molar-refractivity contribution in [1.82, 2.24) is 0 Å². The Kier molecular flexibility index (Phi) is 6.77. The van der Waals surface area contributed by atoms with E-state index in [1.807, 2.05) is 43.1 Å². The molecule has 0 spiro atoms. The van der Waals surface area contributed by atoms with E-state index >= 15 is 0 Å². The molecular weight excluding hydrogens is 342 g/mol. The van der Waals surface area contributed by atoms with Gasteiger partial charge in [-0.1, -0.05) is 17.7 Å². The number of rotatable bonds is 8. The summed E-state index contributed by atoms with van der Waals surface area (Å²) >= 11 is 0. The standard InChI is InChI=1S/C19H22F2N2O3/c1-5-23(15-8-6-13(2)7-9-15)22-12-14-10-16(24-3)18(26-19(20)21)17(11-14)25-4/h6-12,19H,5H2,1-4H3/b22-12-. The Hall–Kier alpha value is -2.83. The zero-order valence-corrected chi connectivity index (χ0v) is 15.2. The van der Waals surface area contributed by atoms with Crippen molar-refractivity contribution in [3.05, 3.63) is 47.5 Å². The van der Waals surface area contributed by atoms with Crippen molar-refractivity contribution in [3.8, 4) is 17.2 Å². The first-order valence-corrected chi connectivity index (χ1v) is 8.07. The van der Waals surface area contributed by atoms with Gasteiger partial charge >= 0.3 is 6.61 Å². The average Bonchev–Trinajstić information content (AvgIpc) is 2.63. The predicted molar refractivity (Wildman–Crippen MR) is 98.0 cm³/mol. The number of hydrogen-bond donors (Lipinski definition) is 0. The summed E-state index contributed by atoms with van der Waals surface area (Å²) in [5, 5.41) is 6.28. The summed E-state index contributed by atoms with van der Waals surface area (Å²) < 4.78 is 40.0. The Labute approximate surface area is 151 Å². The molecule has 0 saturated carbocycles. The highest BCUT2D eigenvalue weighted by Crippen LogP contribution is 2.39. The summed E-state index contributed by atoms with van der Waals surface area (Å²) in [5.74, 6) is 0.141. The fourth-order valence-electron chi connectivity index (χ4n) is 2.36. The van der Waals surface area contributed by atoms with Gasteiger partial charge in [0.05, 0.1) is 26.1 Å². The van der Waals surface area contributed by atoms with Crippen molar-refractivity contribution >= 4 is 11.9 Å². The molecule has 2 aromatic carbocycles. The van der Waals surface area contributed by atoms with Gasteiger partial charge in [0.1, 0.15) is 0 Å². The molecule has 140 valence electrons. The number of methoxy groups -OCH3 is 2. The summed E-state index contributed by atoms with van der Waals surface area (Å²) in [6.45, 7) is 1.69. The van der Waals surface area contributed by atoms with Crippen molar-refractivity contribution < 1.29 is 23.0 Å². The van der Waals surface area contributed by atoms with Crippen molar-refractivity contribution in [2.24, 2.45) is 5.10 Å². The van der Waals surface area contributed by atoms with E-state index in [9.17, 15) is 8.78 Å². The van der Waals surface area contributed by atoms with Crippen molar-refractivity contribution in [3.63, 3.8) is 0 Å². The summed E-state index contributed by atoms with van der Waals surface area (Å²) in [5.41, 5.74) is 2.75.